The summed E-state index contributed by atoms with van der Waals surface area (Å²) in [6.45, 7) is 1.06. The summed E-state index contributed by atoms with van der Waals surface area (Å²) in [6, 6.07) is 3.66. The van der Waals surface area contributed by atoms with Crippen LogP contribution in [0.4, 0.5) is 18.9 Å². The number of allylic oxidation sites excluding steroid dienone is 1. The number of benzene rings is 1. The molecular weight excluding hydrogens is 324 g/mol. The molecule has 9 heteroatoms. The molecule has 0 spiro atoms. The Morgan fingerprint density at radius 1 is 1.13 bits per heavy atom. The van der Waals surface area contributed by atoms with E-state index in [1.807, 2.05) is 0 Å². The fourth-order valence-corrected chi connectivity index (χ4v) is 1.57. The summed E-state index contributed by atoms with van der Waals surface area (Å²) in [5, 5.41) is 13.6. The summed E-state index contributed by atoms with van der Waals surface area (Å²) < 4.78 is 37.3. The number of hydrogen-bond donors (Lipinski definition) is 1. The molecule has 0 atom stereocenters. The Hall–Kier alpha value is -1.51. The van der Waals surface area contributed by atoms with Crippen LogP contribution in [0.3, 0.4) is 0 Å². The van der Waals surface area contributed by atoms with Gasteiger partial charge >= 0.3 is 35.7 Å². The molecule has 0 radical (unpaired) electrons. The Morgan fingerprint density at radius 3 is 1.96 bits per heavy atom. The quantitative estimate of drug-likeness (QED) is 0.237. The molecule has 0 aliphatic carbocycles. The zero-order chi connectivity index (χ0) is 17.1. The number of halogens is 3. The molecule has 0 aliphatic rings. The van der Waals surface area contributed by atoms with Gasteiger partial charge in [-0.05, 0) is 24.3 Å². The van der Waals surface area contributed by atoms with Crippen LogP contribution in [0.25, 0.3) is 0 Å². The standard InChI is InChI=1S/C14H15F3N2O3.Na/c1-8(20)11(13(22)19(2)3)12(21)18-10-6-4-9(5-7-10)14(15,16)17;/h4-7,20H,1-3H3,(H,18,21);/q;+1/p-1/b11-8+;. The number of hydrogen-bond acceptors (Lipinski definition) is 3. The van der Waals surface area contributed by atoms with Gasteiger partial charge in [-0.15, -0.1) is 5.76 Å². The summed E-state index contributed by atoms with van der Waals surface area (Å²) in [5.74, 6) is -2.48. The van der Waals surface area contributed by atoms with Gasteiger partial charge in [0.1, 0.15) is 0 Å². The molecule has 2 amide bonds. The van der Waals surface area contributed by atoms with Crippen molar-refractivity contribution in [3.8, 4) is 0 Å². The fraction of sp³-hybridized carbons (Fsp3) is 0.286. The van der Waals surface area contributed by atoms with E-state index in [-0.39, 0.29) is 35.2 Å². The van der Waals surface area contributed by atoms with Gasteiger partial charge in [0.2, 0.25) is 0 Å². The van der Waals surface area contributed by atoms with Crippen LogP contribution in [0.2, 0.25) is 0 Å². The molecule has 1 rings (SSSR count). The van der Waals surface area contributed by atoms with Crippen molar-refractivity contribution in [3.63, 3.8) is 0 Å². The van der Waals surface area contributed by atoms with E-state index in [2.05, 4.69) is 5.32 Å². The van der Waals surface area contributed by atoms with E-state index in [0.717, 1.165) is 36.1 Å². The average Bonchev–Trinajstić information content (AvgIpc) is 2.37. The molecule has 1 aromatic carbocycles. The first-order chi connectivity index (χ1) is 10.0. The number of nitrogens with one attached hydrogen (secondary N) is 1. The molecule has 120 valence electrons. The molecule has 0 heterocycles. The summed E-state index contributed by atoms with van der Waals surface area (Å²) in [7, 11) is 2.74. The van der Waals surface area contributed by atoms with Crippen LogP contribution in [-0.2, 0) is 15.8 Å². The first-order valence-electron chi connectivity index (χ1n) is 6.12. The van der Waals surface area contributed by atoms with Crippen molar-refractivity contribution in [2.75, 3.05) is 19.4 Å². The zero-order valence-electron chi connectivity index (χ0n) is 13.1. The van der Waals surface area contributed by atoms with E-state index >= 15 is 0 Å². The fourth-order valence-electron chi connectivity index (χ4n) is 1.57. The molecule has 1 aromatic rings. The maximum atomic E-state index is 12.4. The van der Waals surface area contributed by atoms with Crippen LogP contribution >= 0.6 is 0 Å². The van der Waals surface area contributed by atoms with E-state index in [1.54, 1.807) is 0 Å². The predicted octanol–water partition coefficient (Wildman–Crippen LogP) is -1.63. The molecule has 0 aromatic heterocycles. The number of amides is 2. The van der Waals surface area contributed by atoms with E-state index in [9.17, 15) is 27.9 Å². The van der Waals surface area contributed by atoms with E-state index in [4.69, 9.17) is 0 Å². The second-order valence-corrected chi connectivity index (χ2v) is 4.66. The normalized spacial score (nSPS) is 11.9. The van der Waals surface area contributed by atoms with Crippen molar-refractivity contribution >= 4 is 17.5 Å². The van der Waals surface area contributed by atoms with Crippen molar-refractivity contribution in [3.05, 3.63) is 41.2 Å². The van der Waals surface area contributed by atoms with Gasteiger partial charge in [-0.3, -0.25) is 9.59 Å². The maximum absolute atomic E-state index is 12.4. The van der Waals surface area contributed by atoms with Crippen LogP contribution in [0.15, 0.2) is 35.6 Å². The molecule has 0 saturated carbocycles. The SMILES string of the molecule is C/C([O-])=C(/C(=O)Nc1ccc(C(F)(F)F)cc1)C(=O)N(C)C.[Na+]. The molecule has 1 N–H and O–H groups in total. The Bertz CT molecular complexity index is 607. The molecule has 5 nitrogen and oxygen atoms in total. The molecular formula is C14H14F3N2NaO3. The number of carbonyl (C=O) groups is 2. The second kappa shape index (κ2) is 8.37. The van der Waals surface area contributed by atoms with Gasteiger partial charge in [-0.1, -0.05) is 6.92 Å². The van der Waals surface area contributed by atoms with Crippen molar-refractivity contribution in [2.24, 2.45) is 0 Å². The molecule has 0 unspecified atom stereocenters. The van der Waals surface area contributed by atoms with Gasteiger partial charge in [0.15, 0.2) is 0 Å². The Labute approximate surface area is 153 Å². The van der Waals surface area contributed by atoms with Crippen LogP contribution in [-0.4, -0.2) is 30.8 Å². The minimum Gasteiger partial charge on any atom is -0.875 e. The van der Waals surface area contributed by atoms with Crippen molar-refractivity contribution in [1.82, 2.24) is 4.90 Å². The minimum absolute atomic E-state index is 0. The molecule has 0 saturated heterocycles. The van der Waals surface area contributed by atoms with E-state index < -0.39 is 34.9 Å². The van der Waals surface area contributed by atoms with Gasteiger partial charge in [0, 0.05) is 19.8 Å². The zero-order valence-corrected chi connectivity index (χ0v) is 15.1. The van der Waals surface area contributed by atoms with Crippen LogP contribution in [0.1, 0.15) is 12.5 Å². The number of alkyl halides is 3. The van der Waals surface area contributed by atoms with Crippen LogP contribution in [0, 0.1) is 0 Å². The monoisotopic (exact) mass is 338 g/mol. The summed E-state index contributed by atoms with van der Waals surface area (Å²) in [4.78, 5) is 24.8. The van der Waals surface area contributed by atoms with Crippen molar-refractivity contribution in [2.45, 2.75) is 13.1 Å². The van der Waals surface area contributed by atoms with E-state index in [0.29, 0.717) is 0 Å². The number of anilines is 1. The second-order valence-electron chi connectivity index (χ2n) is 4.66. The van der Waals surface area contributed by atoms with Crippen LogP contribution < -0.4 is 40.0 Å². The Kier molecular flexibility index (Phi) is 7.82. The first-order valence-corrected chi connectivity index (χ1v) is 6.12. The summed E-state index contributed by atoms with van der Waals surface area (Å²) >= 11 is 0. The summed E-state index contributed by atoms with van der Waals surface area (Å²) in [6.07, 6.45) is -4.49. The first kappa shape index (κ1) is 21.5. The minimum atomic E-state index is -4.49. The summed E-state index contributed by atoms with van der Waals surface area (Å²) in [5.41, 5.74) is -1.42. The largest absolute Gasteiger partial charge is 1.00 e. The predicted molar refractivity (Wildman–Crippen MR) is 71.5 cm³/mol. The van der Waals surface area contributed by atoms with Gasteiger partial charge in [-0.2, -0.15) is 13.2 Å². The smallest absolute Gasteiger partial charge is 0.875 e. The van der Waals surface area contributed by atoms with Gasteiger partial charge in [-0.25, -0.2) is 0 Å². The van der Waals surface area contributed by atoms with Crippen molar-refractivity contribution in [1.29, 1.82) is 0 Å². The molecule has 0 aliphatic heterocycles. The van der Waals surface area contributed by atoms with Crippen molar-refractivity contribution < 1.29 is 57.4 Å². The third kappa shape index (κ3) is 5.89. The number of carbonyl (C=O) groups excluding carboxylic acids is 2. The van der Waals surface area contributed by atoms with Gasteiger partial charge in [0.05, 0.1) is 11.1 Å². The Morgan fingerprint density at radius 2 is 1.61 bits per heavy atom. The molecule has 0 bridgehead atoms. The molecule has 0 fully saturated rings. The number of likely N-dealkylation sites (N-methyl/N-ethyl adjacent to an activating group) is 1. The number of nitrogens with zero attached hydrogens (tertiary/aromatic N) is 1. The molecule has 23 heavy (non-hydrogen) atoms. The third-order valence-electron chi connectivity index (χ3n) is 2.67. The maximum Gasteiger partial charge on any atom is 1.00 e. The number of rotatable bonds is 3. The third-order valence-corrected chi connectivity index (χ3v) is 2.67. The van der Waals surface area contributed by atoms with E-state index in [1.165, 1.54) is 14.1 Å². The topological polar surface area (TPSA) is 72.5 Å². The Balaban J connectivity index is 0.00000484. The van der Waals surface area contributed by atoms with Gasteiger partial charge in [0.25, 0.3) is 11.8 Å². The van der Waals surface area contributed by atoms with Crippen LogP contribution in [0.5, 0.6) is 0 Å². The average molecular weight is 338 g/mol. The van der Waals surface area contributed by atoms with Gasteiger partial charge < -0.3 is 15.3 Å².